The van der Waals surface area contributed by atoms with Gasteiger partial charge in [0.25, 0.3) is 5.69 Å². The first kappa shape index (κ1) is 18.3. The lowest BCUT2D eigenvalue weighted by Crippen LogP contribution is -2.01. The topological polar surface area (TPSA) is 86.0 Å². The molecule has 2 rings (SSSR count). The van der Waals surface area contributed by atoms with E-state index in [1.807, 2.05) is 32.0 Å². The highest BCUT2D eigenvalue weighted by atomic mass is 16.6. The maximum Gasteiger partial charge on any atom is 0.269 e. The van der Waals surface area contributed by atoms with E-state index in [0.717, 1.165) is 12.0 Å². The summed E-state index contributed by atoms with van der Waals surface area (Å²) < 4.78 is 11.3. The van der Waals surface area contributed by atoms with Crippen molar-refractivity contribution in [2.45, 2.75) is 20.3 Å². The smallest absolute Gasteiger partial charge is 0.269 e. The zero-order valence-electron chi connectivity index (χ0n) is 14.3. The van der Waals surface area contributed by atoms with Crippen LogP contribution in [0.3, 0.4) is 0 Å². The summed E-state index contributed by atoms with van der Waals surface area (Å²) in [6.07, 6.45) is 2.57. The number of nitro benzene ring substituents is 1. The van der Waals surface area contributed by atoms with Crippen LogP contribution in [0, 0.1) is 10.1 Å². The molecule has 25 heavy (non-hydrogen) atoms. The minimum absolute atomic E-state index is 0.0403. The molecule has 0 aliphatic rings. The molecule has 132 valence electrons. The summed E-state index contributed by atoms with van der Waals surface area (Å²) in [6, 6.07) is 11.6. The van der Waals surface area contributed by atoms with Gasteiger partial charge in [-0.2, -0.15) is 5.10 Å². The van der Waals surface area contributed by atoms with Crippen LogP contribution in [0.1, 0.15) is 25.8 Å². The minimum atomic E-state index is -0.440. The number of hydrogen-bond donors (Lipinski definition) is 1. The summed E-state index contributed by atoms with van der Waals surface area (Å²) >= 11 is 0. The Morgan fingerprint density at radius 1 is 1.12 bits per heavy atom. The lowest BCUT2D eigenvalue weighted by molar-refractivity contribution is -0.384. The first-order valence-corrected chi connectivity index (χ1v) is 8.07. The van der Waals surface area contributed by atoms with E-state index in [2.05, 4.69) is 10.5 Å². The van der Waals surface area contributed by atoms with Crippen molar-refractivity contribution in [3.05, 3.63) is 58.1 Å². The molecule has 0 saturated carbocycles. The van der Waals surface area contributed by atoms with Gasteiger partial charge in [-0.05, 0) is 49.2 Å². The molecule has 0 amide bonds. The first-order chi connectivity index (χ1) is 12.1. The Kier molecular flexibility index (Phi) is 6.76. The highest BCUT2D eigenvalue weighted by molar-refractivity contribution is 5.81. The molecule has 0 atom stereocenters. The van der Waals surface area contributed by atoms with Gasteiger partial charge in [0.15, 0.2) is 11.5 Å². The SMILES string of the molecule is CCCOc1ccc(/C=N/Nc2ccc([N+](=O)[O-])cc2)cc1OCC. The van der Waals surface area contributed by atoms with Crippen molar-refractivity contribution < 1.29 is 14.4 Å². The predicted octanol–water partition coefficient (Wildman–Crippen LogP) is 4.23. The Labute approximate surface area is 146 Å². The molecule has 0 aliphatic heterocycles. The molecule has 0 heterocycles. The van der Waals surface area contributed by atoms with Crippen molar-refractivity contribution in [3.63, 3.8) is 0 Å². The number of nitro groups is 1. The van der Waals surface area contributed by atoms with Crippen molar-refractivity contribution in [2.24, 2.45) is 5.10 Å². The molecule has 0 spiro atoms. The second-order valence-electron chi connectivity index (χ2n) is 5.16. The number of hydrazone groups is 1. The van der Waals surface area contributed by atoms with Crippen LogP contribution in [-0.4, -0.2) is 24.4 Å². The minimum Gasteiger partial charge on any atom is -0.490 e. The van der Waals surface area contributed by atoms with Crippen molar-refractivity contribution in [3.8, 4) is 11.5 Å². The predicted molar refractivity (Wildman–Crippen MR) is 97.7 cm³/mol. The van der Waals surface area contributed by atoms with Gasteiger partial charge >= 0.3 is 0 Å². The van der Waals surface area contributed by atoms with Crippen LogP contribution >= 0.6 is 0 Å². The number of ether oxygens (including phenoxy) is 2. The fourth-order valence-corrected chi connectivity index (χ4v) is 2.04. The monoisotopic (exact) mass is 343 g/mol. The number of benzene rings is 2. The highest BCUT2D eigenvalue weighted by Gasteiger charge is 2.06. The van der Waals surface area contributed by atoms with Crippen LogP contribution in [-0.2, 0) is 0 Å². The standard InChI is InChI=1S/C18H21N3O4/c1-3-11-25-17-10-5-14(12-18(17)24-4-2)13-19-20-15-6-8-16(9-7-15)21(22)23/h5-10,12-13,20H,3-4,11H2,1-2H3/b19-13+. The van der Waals surface area contributed by atoms with Crippen molar-refractivity contribution in [2.75, 3.05) is 18.6 Å². The quantitative estimate of drug-likeness (QED) is 0.418. The Morgan fingerprint density at radius 2 is 1.88 bits per heavy atom. The van der Waals surface area contributed by atoms with Crippen LogP contribution in [0.2, 0.25) is 0 Å². The van der Waals surface area contributed by atoms with Gasteiger partial charge in [0.1, 0.15) is 0 Å². The third kappa shape index (κ3) is 5.49. The van der Waals surface area contributed by atoms with Gasteiger partial charge in [0.2, 0.25) is 0 Å². The van der Waals surface area contributed by atoms with E-state index in [1.165, 1.54) is 12.1 Å². The second-order valence-corrected chi connectivity index (χ2v) is 5.16. The Bertz CT molecular complexity index is 730. The van der Waals surface area contributed by atoms with Crippen molar-refractivity contribution >= 4 is 17.6 Å². The van der Waals surface area contributed by atoms with E-state index in [0.29, 0.717) is 30.4 Å². The third-order valence-electron chi connectivity index (χ3n) is 3.21. The molecule has 0 aromatic heterocycles. The van der Waals surface area contributed by atoms with E-state index < -0.39 is 4.92 Å². The highest BCUT2D eigenvalue weighted by Crippen LogP contribution is 2.28. The number of nitrogens with zero attached hydrogens (tertiary/aromatic N) is 2. The summed E-state index contributed by atoms with van der Waals surface area (Å²) in [7, 11) is 0. The van der Waals surface area contributed by atoms with Crippen LogP contribution < -0.4 is 14.9 Å². The van der Waals surface area contributed by atoms with Gasteiger partial charge in [-0.3, -0.25) is 15.5 Å². The maximum atomic E-state index is 10.6. The van der Waals surface area contributed by atoms with E-state index in [9.17, 15) is 10.1 Å². The molecule has 0 saturated heterocycles. The fraction of sp³-hybridized carbons (Fsp3) is 0.278. The molecule has 2 aromatic carbocycles. The van der Waals surface area contributed by atoms with Gasteiger partial charge in [-0.25, -0.2) is 0 Å². The summed E-state index contributed by atoms with van der Waals surface area (Å²) in [4.78, 5) is 10.2. The molecule has 2 aromatic rings. The summed E-state index contributed by atoms with van der Waals surface area (Å²) in [5, 5.41) is 14.8. The van der Waals surface area contributed by atoms with Crippen LogP contribution in [0.5, 0.6) is 11.5 Å². The fourth-order valence-electron chi connectivity index (χ4n) is 2.04. The summed E-state index contributed by atoms with van der Waals surface area (Å²) in [5.41, 5.74) is 4.39. The zero-order valence-corrected chi connectivity index (χ0v) is 14.3. The van der Waals surface area contributed by atoms with Gasteiger partial charge < -0.3 is 9.47 Å². The largest absolute Gasteiger partial charge is 0.490 e. The van der Waals surface area contributed by atoms with Crippen LogP contribution in [0.4, 0.5) is 11.4 Å². The first-order valence-electron chi connectivity index (χ1n) is 8.07. The van der Waals surface area contributed by atoms with Gasteiger partial charge in [-0.1, -0.05) is 6.92 Å². The molecule has 0 fully saturated rings. The van der Waals surface area contributed by atoms with Crippen molar-refractivity contribution in [1.29, 1.82) is 0 Å². The van der Waals surface area contributed by atoms with E-state index >= 15 is 0 Å². The molecule has 0 radical (unpaired) electrons. The molecule has 0 unspecified atom stereocenters. The normalized spacial score (nSPS) is 10.6. The Morgan fingerprint density at radius 3 is 2.52 bits per heavy atom. The number of non-ortho nitro benzene ring substituents is 1. The Balaban J connectivity index is 2.04. The number of hydrogen-bond acceptors (Lipinski definition) is 6. The number of anilines is 1. The summed E-state index contributed by atoms with van der Waals surface area (Å²) in [6.45, 7) is 5.14. The van der Waals surface area contributed by atoms with E-state index in [1.54, 1.807) is 18.3 Å². The number of rotatable bonds is 9. The van der Waals surface area contributed by atoms with Crippen LogP contribution in [0.25, 0.3) is 0 Å². The van der Waals surface area contributed by atoms with E-state index in [-0.39, 0.29) is 5.69 Å². The summed E-state index contributed by atoms with van der Waals surface area (Å²) in [5.74, 6) is 1.39. The molecule has 7 heteroatoms. The number of nitrogens with one attached hydrogen (secondary N) is 1. The molecule has 0 bridgehead atoms. The molecule has 1 N–H and O–H groups in total. The van der Waals surface area contributed by atoms with Crippen LogP contribution in [0.15, 0.2) is 47.6 Å². The van der Waals surface area contributed by atoms with Gasteiger partial charge in [-0.15, -0.1) is 0 Å². The third-order valence-corrected chi connectivity index (χ3v) is 3.21. The van der Waals surface area contributed by atoms with E-state index in [4.69, 9.17) is 9.47 Å². The van der Waals surface area contributed by atoms with Gasteiger partial charge in [0, 0.05) is 12.1 Å². The second kappa shape index (κ2) is 9.27. The average molecular weight is 343 g/mol. The Hall–Kier alpha value is -3.09. The molecule has 7 nitrogen and oxygen atoms in total. The maximum absolute atomic E-state index is 10.6. The average Bonchev–Trinajstić information content (AvgIpc) is 2.62. The molecular weight excluding hydrogens is 322 g/mol. The molecular formula is C18H21N3O4. The van der Waals surface area contributed by atoms with Gasteiger partial charge in [0.05, 0.1) is 30.0 Å². The van der Waals surface area contributed by atoms with Crippen molar-refractivity contribution in [1.82, 2.24) is 0 Å². The lowest BCUT2D eigenvalue weighted by Gasteiger charge is -2.11. The zero-order chi connectivity index (χ0) is 18.1. The molecule has 0 aliphatic carbocycles. The lowest BCUT2D eigenvalue weighted by atomic mass is 10.2.